The molecule has 0 radical (unpaired) electrons. The lowest BCUT2D eigenvalue weighted by atomic mass is 9.74. The molecule has 0 fully saturated rings. The maximum Gasteiger partial charge on any atom is 0.240 e. The van der Waals surface area contributed by atoms with Crippen molar-refractivity contribution in [3.05, 3.63) is 23.2 Å². The topological polar surface area (TPSA) is 54.3 Å². The van der Waals surface area contributed by atoms with Crippen molar-refractivity contribution < 1.29 is 9.21 Å². The molecule has 0 saturated heterocycles. The SMILES string of the molecule is CNC(C)(C)C(=O)NC1CC(C)(C)Cc2oc(C)cc21. The van der Waals surface area contributed by atoms with Gasteiger partial charge < -0.3 is 15.1 Å². The van der Waals surface area contributed by atoms with Crippen molar-refractivity contribution in [2.75, 3.05) is 7.05 Å². The first kappa shape index (κ1) is 15.1. The van der Waals surface area contributed by atoms with Gasteiger partial charge in [-0.2, -0.15) is 0 Å². The van der Waals surface area contributed by atoms with E-state index in [0.29, 0.717) is 0 Å². The van der Waals surface area contributed by atoms with E-state index in [9.17, 15) is 4.79 Å². The van der Waals surface area contributed by atoms with Crippen LogP contribution in [0.25, 0.3) is 0 Å². The average Bonchev–Trinajstić information content (AvgIpc) is 2.67. The van der Waals surface area contributed by atoms with Crippen LogP contribution in [-0.2, 0) is 11.2 Å². The standard InChI is InChI=1S/C16H26N2O2/c1-10-7-11-12(18-14(19)16(4,5)17-6)8-15(2,3)9-13(11)20-10/h7,12,17H,8-9H2,1-6H3,(H,18,19). The third kappa shape index (κ3) is 2.90. The molecule has 4 heteroatoms. The number of fused-ring (bicyclic) bond motifs is 1. The van der Waals surface area contributed by atoms with Gasteiger partial charge in [0, 0.05) is 12.0 Å². The molecule has 0 spiro atoms. The van der Waals surface area contributed by atoms with E-state index in [2.05, 4.69) is 30.5 Å². The number of hydrogen-bond acceptors (Lipinski definition) is 3. The minimum Gasteiger partial charge on any atom is -0.466 e. The molecule has 1 aromatic heterocycles. The summed E-state index contributed by atoms with van der Waals surface area (Å²) in [5, 5.41) is 6.22. The highest BCUT2D eigenvalue weighted by Gasteiger charge is 2.37. The van der Waals surface area contributed by atoms with Crippen molar-refractivity contribution in [3.8, 4) is 0 Å². The van der Waals surface area contributed by atoms with E-state index in [1.165, 1.54) is 0 Å². The van der Waals surface area contributed by atoms with Crippen molar-refractivity contribution in [1.29, 1.82) is 0 Å². The van der Waals surface area contributed by atoms with E-state index in [1.54, 1.807) is 7.05 Å². The van der Waals surface area contributed by atoms with E-state index in [4.69, 9.17) is 4.42 Å². The van der Waals surface area contributed by atoms with Crippen LogP contribution in [0, 0.1) is 12.3 Å². The minimum absolute atomic E-state index is 0.0208. The highest BCUT2D eigenvalue weighted by molar-refractivity contribution is 5.85. The first-order valence-corrected chi connectivity index (χ1v) is 7.24. The second-order valence-electron chi connectivity index (χ2n) is 7.18. The number of likely N-dealkylation sites (N-methyl/N-ethyl adjacent to an activating group) is 1. The molecular weight excluding hydrogens is 252 g/mol. The van der Waals surface area contributed by atoms with Gasteiger partial charge in [0.05, 0.1) is 11.6 Å². The quantitative estimate of drug-likeness (QED) is 0.894. The van der Waals surface area contributed by atoms with Gasteiger partial charge in [0.2, 0.25) is 5.91 Å². The largest absolute Gasteiger partial charge is 0.466 e. The molecule has 1 aromatic rings. The zero-order valence-electron chi connectivity index (χ0n) is 13.4. The van der Waals surface area contributed by atoms with Gasteiger partial charge in [-0.3, -0.25) is 4.79 Å². The van der Waals surface area contributed by atoms with E-state index in [0.717, 1.165) is 29.9 Å². The van der Waals surface area contributed by atoms with E-state index in [1.807, 2.05) is 20.8 Å². The zero-order valence-corrected chi connectivity index (χ0v) is 13.4. The lowest BCUT2D eigenvalue weighted by Crippen LogP contribution is -2.52. The van der Waals surface area contributed by atoms with Crippen LogP contribution >= 0.6 is 0 Å². The van der Waals surface area contributed by atoms with Gasteiger partial charge in [0.25, 0.3) is 0 Å². The monoisotopic (exact) mass is 278 g/mol. The molecule has 1 unspecified atom stereocenters. The summed E-state index contributed by atoms with van der Waals surface area (Å²) in [7, 11) is 1.80. The van der Waals surface area contributed by atoms with Gasteiger partial charge in [0.15, 0.2) is 0 Å². The molecule has 0 aromatic carbocycles. The number of amides is 1. The molecule has 0 aliphatic heterocycles. The number of rotatable bonds is 3. The molecule has 2 N–H and O–H groups in total. The Morgan fingerprint density at radius 2 is 2.10 bits per heavy atom. The molecule has 112 valence electrons. The van der Waals surface area contributed by atoms with Gasteiger partial charge in [-0.15, -0.1) is 0 Å². The molecule has 0 bridgehead atoms. The summed E-state index contributed by atoms with van der Waals surface area (Å²) < 4.78 is 5.80. The van der Waals surface area contributed by atoms with Crippen LogP contribution in [0.5, 0.6) is 0 Å². The average molecular weight is 278 g/mol. The van der Waals surface area contributed by atoms with E-state index in [-0.39, 0.29) is 17.4 Å². The lowest BCUT2D eigenvalue weighted by Gasteiger charge is -2.36. The van der Waals surface area contributed by atoms with Gasteiger partial charge in [0.1, 0.15) is 11.5 Å². The van der Waals surface area contributed by atoms with Crippen molar-refractivity contribution in [2.24, 2.45) is 5.41 Å². The molecule has 1 aliphatic carbocycles. The molecule has 1 atom stereocenters. The second-order valence-corrected chi connectivity index (χ2v) is 7.18. The third-order valence-electron chi connectivity index (χ3n) is 4.23. The number of carbonyl (C=O) groups excluding carboxylic acids is 1. The zero-order chi connectivity index (χ0) is 15.1. The molecule has 0 saturated carbocycles. The summed E-state index contributed by atoms with van der Waals surface area (Å²) in [5.41, 5.74) is 0.710. The van der Waals surface area contributed by atoms with Crippen LogP contribution in [0.3, 0.4) is 0 Å². The maximum absolute atomic E-state index is 12.4. The number of furan rings is 1. The fourth-order valence-corrected chi connectivity index (χ4v) is 2.77. The Labute approximate surface area is 121 Å². The van der Waals surface area contributed by atoms with Crippen LogP contribution in [0.15, 0.2) is 10.5 Å². The number of carbonyl (C=O) groups is 1. The molecule has 1 aliphatic rings. The Morgan fingerprint density at radius 3 is 2.70 bits per heavy atom. The second kappa shape index (κ2) is 4.92. The highest BCUT2D eigenvalue weighted by atomic mass is 16.3. The van der Waals surface area contributed by atoms with Crippen molar-refractivity contribution in [3.63, 3.8) is 0 Å². The predicted octanol–water partition coefficient (Wildman–Crippen LogP) is 2.72. The van der Waals surface area contributed by atoms with Crippen LogP contribution in [0.1, 0.15) is 57.2 Å². The smallest absolute Gasteiger partial charge is 0.240 e. The Morgan fingerprint density at radius 1 is 1.45 bits per heavy atom. The number of nitrogens with one attached hydrogen (secondary N) is 2. The van der Waals surface area contributed by atoms with Crippen LogP contribution in [-0.4, -0.2) is 18.5 Å². The summed E-state index contributed by atoms with van der Waals surface area (Å²) in [6.07, 6.45) is 1.86. The van der Waals surface area contributed by atoms with E-state index < -0.39 is 5.54 Å². The van der Waals surface area contributed by atoms with Crippen LogP contribution < -0.4 is 10.6 Å². The highest BCUT2D eigenvalue weighted by Crippen LogP contribution is 2.42. The Bertz CT molecular complexity index is 515. The normalized spacial score (nSPS) is 21.4. The van der Waals surface area contributed by atoms with Crippen molar-refractivity contribution in [1.82, 2.24) is 10.6 Å². The Hall–Kier alpha value is -1.29. The third-order valence-corrected chi connectivity index (χ3v) is 4.23. The van der Waals surface area contributed by atoms with Gasteiger partial charge >= 0.3 is 0 Å². The number of hydrogen-bond donors (Lipinski definition) is 2. The van der Waals surface area contributed by atoms with Crippen LogP contribution in [0.2, 0.25) is 0 Å². The lowest BCUT2D eigenvalue weighted by molar-refractivity contribution is -0.127. The first-order valence-electron chi connectivity index (χ1n) is 7.24. The van der Waals surface area contributed by atoms with Crippen molar-refractivity contribution in [2.45, 2.75) is 59.0 Å². The summed E-state index contributed by atoms with van der Waals surface area (Å²) in [6, 6.07) is 2.09. The molecule has 4 nitrogen and oxygen atoms in total. The summed E-state index contributed by atoms with van der Waals surface area (Å²) in [5.74, 6) is 1.96. The summed E-state index contributed by atoms with van der Waals surface area (Å²) >= 11 is 0. The Kier molecular flexibility index (Phi) is 3.71. The van der Waals surface area contributed by atoms with Gasteiger partial charge in [-0.25, -0.2) is 0 Å². The fourth-order valence-electron chi connectivity index (χ4n) is 2.77. The van der Waals surface area contributed by atoms with Gasteiger partial charge in [-0.1, -0.05) is 13.8 Å². The van der Waals surface area contributed by atoms with Gasteiger partial charge in [-0.05, 0) is 45.7 Å². The molecule has 1 heterocycles. The maximum atomic E-state index is 12.4. The van der Waals surface area contributed by atoms with Crippen molar-refractivity contribution >= 4 is 5.91 Å². The molecule has 1 amide bonds. The first-order chi connectivity index (χ1) is 9.14. The molecular formula is C16H26N2O2. The molecule has 2 rings (SSSR count). The number of aryl methyl sites for hydroxylation is 1. The summed E-state index contributed by atoms with van der Waals surface area (Å²) in [4.78, 5) is 12.4. The minimum atomic E-state index is -0.569. The van der Waals surface area contributed by atoms with E-state index >= 15 is 0 Å². The molecule has 20 heavy (non-hydrogen) atoms. The summed E-state index contributed by atoms with van der Waals surface area (Å²) in [6.45, 7) is 10.2. The predicted molar refractivity (Wildman–Crippen MR) is 79.6 cm³/mol. The van der Waals surface area contributed by atoms with Crippen LogP contribution in [0.4, 0.5) is 0 Å². The fraction of sp³-hybridized carbons (Fsp3) is 0.688. The Balaban J connectivity index is 2.25.